The Kier molecular flexibility index (Phi) is 6.53. The van der Waals surface area contributed by atoms with Crippen molar-refractivity contribution in [2.45, 2.75) is 12.8 Å². The molecule has 25 heavy (non-hydrogen) atoms. The van der Waals surface area contributed by atoms with Gasteiger partial charge in [-0.2, -0.15) is 5.10 Å². The SMILES string of the molecule is COc1ccccc1NC(=O)CCC(=O)N/N=C/c1ccccc1O. The summed E-state index contributed by atoms with van der Waals surface area (Å²) in [4.78, 5) is 23.6. The van der Waals surface area contributed by atoms with Crippen LogP contribution in [0.15, 0.2) is 53.6 Å². The summed E-state index contributed by atoms with van der Waals surface area (Å²) in [7, 11) is 1.51. The summed E-state index contributed by atoms with van der Waals surface area (Å²) in [5, 5.41) is 16.0. The van der Waals surface area contributed by atoms with Crippen LogP contribution in [0.5, 0.6) is 11.5 Å². The number of benzene rings is 2. The van der Waals surface area contributed by atoms with Crippen LogP contribution in [-0.4, -0.2) is 30.2 Å². The maximum Gasteiger partial charge on any atom is 0.240 e. The van der Waals surface area contributed by atoms with Gasteiger partial charge in [-0.25, -0.2) is 5.43 Å². The normalized spacial score (nSPS) is 10.4. The summed E-state index contributed by atoms with van der Waals surface area (Å²) in [6.07, 6.45) is 1.33. The number of aromatic hydroxyl groups is 1. The molecule has 0 fully saturated rings. The Morgan fingerprint density at radius 3 is 2.52 bits per heavy atom. The smallest absolute Gasteiger partial charge is 0.240 e. The highest BCUT2D eigenvalue weighted by Crippen LogP contribution is 2.23. The van der Waals surface area contributed by atoms with E-state index in [-0.39, 0.29) is 24.5 Å². The van der Waals surface area contributed by atoms with Crippen LogP contribution in [0.3, 0.4) is 0 Å². The molecule has 130 valence electrons. The number of nitrogens with zero attached hydrogens (tertiary/aromatic N) is 1. The van der Waals surface area contributed by atoms with E-state index < -0.39 is 5.91 Å². The number of phenolic OH excluding ortho intramolecular Hbond substituents is 1. The zero-order valence-electron chi connectivity index (χ0n) is 13.7. The van der Waals surface area contributed by atoms with Crippen LogP contribution in [0, 0.1) is 0 Å². The van der Waals surface area contributed by atoms with E-state index in [1.54, 1.807) is 42.5 Å². The van der Waals surface area contributed by atoms with Crippen LogP contribution in [0.2, 0.25) is 0 Å². The molecule has 0 aliphatic carbocycles. The second kappa shape index (κ2) is 9.07. The number of ether oxygens (including phenoxy) is 1. The van der Waals surface area contributed by atoms with E-state index in [1.807, 2.05) is 0 Å². The van der Waals surface area contributed by atoms with Gasteiger partial charge in [0.2, 0.25) is 11.8 Å². The van der Waals surface area contributed by atoms with Gasteiger partial charge in [-0.1, -0.05) is 24.3 Å². The Balaban J connectivity index is 1.78. The lowest BCUT2D eigenvalue weighted by atomic mass is 10.2. The van der Waals surface area contributed by atoms with Gasteiger partial charge in [-0.3, -0.25) is 9.59 Å². The topological polar surface area (TPSA) is 100 Å². The van der Waals surface area contributed by atoms with Gasteiger partial charge in [0.15, 0.2) is 0 Å². The number of para-hydroxylation sites is 3. The number of methoxy groups -OCH3 is 1. The number of hydrogen-bond acceptors (Lipinski definition) is 5. The van der Waals surface area contributed by atoms with Gasteiger partial charge in [0.05, 0.1) is 19.0 Å². The quantitative estimate of drug-likeness (QED) is 0.531. The number of carbonyl (C=O) groups excluding carboxylic acids is 2. The van der Waals surface area contributed by atoms with Crippen LogP contribution in [0.1, 0.15) is 18.4 Å². The van der Waals surface area contributed by atoms with Crippen LogP contribution < -0.4 is 15.5 Å². The van der Waals surface area contributed by atoms with E-state index in [0.29, 0.717) is 17.0 Å². The fraction of sp³-hybridized carbons (Fsp3) is 0.167. The highest BCUT2D eigenvalue weighted by molar-refractivity contribution is 5.94. The molecule has 7 heteroatoms. The molecule has 0 atom stereocenters. The lowest BCUT2D eigenvalue weighted by molar-refractivity contribution is -0.124. The molecule has 0 saturated heterocycles. The Bertz CT molecular complexity index is 774. The zero-order valence-corrected chi connectivity index (χ0v) is 13.7. The maximum absolute atomic E-state index is 11.9. The second-order valence-electron chi connectivity index (χ2n) is 5.10. The first-order chi connectivity index (χ1) is 12.1. The Morgan fingerprint density at radius 1 is 1.08 bits per heavy atom. The minimum absolute atomic E-state index is 0.00991. The molecular weight excluding hydrogens is 322 g/mol. The van der Waals surface area contributed by atoms with Gasteiger partial charge < -0.3 is 15.2 Å². The molecule has 2 aromatic rings. The number of amides is 2. The lowest BCUT2D eigenvalue weighted by Crippen LogP contribution is -2.20. The number of phenols is 1. The van der Waals surface area contributed by atoms with E-state index in [1.165, 1.54) is 19.4 Å². The van der Waals surface area contributed by atoms with Gasteiger partial charge in [0, 0.05) is 18.4 Å². The minimum atomic E-state index is -0.401. The molecule has 0 aliphatic rings. The summed E-state index contributed by atoms with van der Waals surface area (Å²) in [6, 6.07) is 13.6. The van der Waals surface area contributed by atoms with Gasteiger partial charge in [-0.15, -0.1) is 0 Å². The summed E-state index contributed by atoms with van der Waals surface area (Å²) < 4.78 is 5.14. The number of rotatable bonds is 7. The summed E-state index contributed by atoms with van der Waals surface area (Å²) >= 11 is 0. The first-order valence-corrected chi connectivity index (χ1v) is 7.63. The van der Waals surface area contributed by atoms with Crippen LogP contribution >= 0.6 is 0 Å². The molecule has 0 unspecified atom stereocenters. The third-order valence-electron chi connectivity index (χ3n) is 3.29. The standard InChI is InChI=1S/C18H19N3O4/c1-25-16-9-5-3-7-14(16)20-17(23)10-11-18(24)21-19-12-13-6-2-4-8-15(13)22/h2-9,12,22H,10-11H2,1H3,(H,20,23)(H,21,24)/b19-12+. The number of nitrogens with one attached hydrogen (secondary N) is 2. The van der Waals surface area contributed by atoms with E-state index in [9.17, 15) is 14.7 Å². The summed E-state index contributed by atoms with van der Waals surface area (Å²) in [5.41, 5.74) is 3.35. The van der Waals surface area contributed by atoms with Crippen molar-refractivity contribution in [2.24, 2.45) is 5.10 Å². The molecule has 0 bridgehead atoms. The average molecular weight is 341 g/mol. The summed E-state index contributed by atoms with van der Waals surface area (Å²) in [5.74, 6) is -0.0876. The number of carbonyl (C=O) groups is 2. The molecule has 2 rings (SSSR count). The second-order valence-corrected chi connectivity index (χ2v) is 5.10. The largest absolute Gasteiger partial charge is 0.507 e. The zero-order chi connectivity index (χ0) is 18.1. The molecule has 0 saturated carbocycles. The highest BCUT2D eigenvalue weighted by atomic mass is 16.5. The molecular formula is C18H19N3O4. The third-order valence-corrected chi connectivity index (χ3v) is 3.29. The fourth-order valence-corrected chi connectivity index (χ4v) is 2.01. The Hall–Kier alpha value is -3.35. The van der Waals surface area contributed by atoms with Crippen molar-refractivity contribution in [3.63, 3.8) is 0 Å². The predicted octanol–water partition coefficient (Wildman–Crippen LogP) is 2.27. The fourth-order valence-electron chi connectivity index (χ4n) is 2.01. The molecule has 7 nitrogen and oxygen atoms in total. The number of hydrogen-bond donors (Lipinski definition) is 3. The van der Waals surface area contributed by atoms with Gasteiger partial charge in [-0.05, 0) is 24.3 Å². The van der Waals surface area contributed by atoms with Gasteiger partial charge in [0.25, 0.3) is 0 Å². The van der Waals surface area contributed by atoms with E-state index >= 15 is 0 Å². The van der Waals surface area contributed by atoms with Crippen LogP contribution in [0.25, 0.3) is 0 Å². The highest BCUT2D eigenvalue weighted by Gasteiger charge is 2.09. The monoisotopic (exact) mass is 341 g/mol. The first kappa shape index (κ1) is 18.0. The predicted molar refractivity (Wildman–Crippen MR) is 94.7 cm³/mol. The lowest BCUT2D eigenvalue weighted by Gasteiger charge is -2.09. The van der Waals surface area contributed by atoms with Crippen LogP contribution in [0.4, 0.5) is 5.69 Å². The summed E-state index contributed by atoms with van der Waals surface area (Å²) in [6.45, 7) is 0. The molecule has 2 amide bonds. The van der Waals surface area contributed by atoms with Gasteiger partial charge >= 0.3 is 0 Å². The molecule has 3 N–H and O–H groups in total. The van der Waals surface area contributed by atoms with Crippen molar-refractivity contribution >= 4 is 23.7 Å². The van der Waals surface area contributed by atoms with E-state index in [4.69, 9.17) is 4.74 Å². The molecule has 0 aromatic heterocycles. The Labute approximate surface area is 145 Å². The van der Waals surface area contributed by atoms with E-state index in [0.717, 1.165) is 0 Å². The molecule has 0 radical (unpaired) electrons. The van der Waals surface area contributed by atoms with Crippen molar-refractivity contribution < 1.29 is 19.4 Å². The minimum Gasteiger partial charge on any atom is -0.507 e. The van der Waals surface area contributed by atoms with Crippen molar-refractivity contribution in [3.05, 3.63) is 54.1 Å². The molecule has 2 aromatic carbocycles. The molecule has 0 aliphatic heterocycles. The number of hydrazone groups is 1. The Morgan fingerprint density at radius 2 is 1.76 bits per heavy atom. The molecule has 0 spiro atoms. The average Bonchev–Trinajstić information content (AvgIpc) is 2.62. The van der Waals surface area contributed by atoms with Crippen molar-refractivity contribution in [1.82, 2.24) is 5.43 Å². The van der Waals surface area contributed by atoms with Crippen LogP contribution in [-0.2, 0) is 9.59 Å². The third kappa shape index (κ3) is 5.65. The van der Waals surface area contributed by atoms with E-state index in [2.05, 4.69) is 15.8 Å². The van der Waals surface area contributed by atoms with Crippen molar-refractivity contribution in [1.29, 1.82) is 0 Å². The van der Waals surface area contributed by atoms with Crippen molar-refractivity contribution in [3.8, 4) is 11.5 Å². The first-order valence-electron chi connectivity index (χ1n) is 7.63. The molecule has 0 heterocycles. The van der Waals surface area contributed by atoms with Gasteiger partial charge in [0.1, 0.15) is 11.5 Å². The maximum atomic E-state index is 11.9. The number of anilines is 1. The van der Waals surface area contributed by atoms with Crippen molar-refractivity contribution in [2.75, 3.05) is 12.4 Å².